The Bertz CT molecular complexity index is 1140. The predicted molar refractivity (Wildman–Crippen MR) is 122 cm³/mol. The third kappa shape index (κ3) is 6.06. The number of carbonyl (C=O) groups excluding carboxylic acids is 2. The van der Waals surface area contributed by atoms with E-state index in [-0.39, 0.29) is 29.8 Å². The summed E-state index contributed by atoms with van der Waals surface area (Å²) in [5.41, 5.74) is -2.84. The molecule has 0 fully saturated rings. The summed E-state index contributed by atoms with van der Waals surface area (Å²) in [6.45, 7) is 2.71. The Hall–Kier alpha value is -3.15. The van der Waals surface area contributed by atoms with E-state index in [1.165, 1.54) is 11.0 Å². The monoisotopic (exact) mass is 552 g/mol. The number of alkyl halides is 6. The van der Waals surface area contributed by atoms with Gasteiger partial charge in [-0.1, -0.05) is 23.7 Å². The molecule has 0 saturated heterocycles. The van der Waals surface area contributed by atoms with Crippen molar-refractivity contribution in [1.82, 2.24) is 4.90 Å². The summed E-state index contributed by atoms with van der Waals surface area (Å²) in [6.07, 6.45) is -11.7. The number of amides is 2. The van der Waals surface area contributed by atoms with Crippen LogP contribution in [0.25, 0.3) is 0 Å². The van der Waals surface area contributed by atoms with Crippen LogP contribution in [0.2, 0.25) is 5.02 Å². The zero-order valence-electron chi connectivity index (χ0n) is 19.9. The largest absolute Gasteiger partial charge is 0.453 e. The van der Waals surface area contributed by atoms with Crippen LogP contribution in [0.1, 0.15) is 48.6 Å². The Balaban J connectivity index is 2.13. The standard InChI is InChI=1S/C24H23ClF6N2O4/c1-4-37-22(35)33-13(2)8-19(17-6-5-7-18(25)20(17)33)32(21(34)36-3)12-14-9-15(23(26,27)28)11-16(10-14)24(29,30)31/h5-7,9-11,13,19H,4,8,12H2,1-3H3/t13-,19+/m0/s1. The molecule has 0 radical (unpaired) electrons. The van der Waals surface area contributed by atoms with Crippen molar-refractivity contribution < 1.29 is 45.4 Å². The number of ether oxygens (including phenoxy) is 2. The van der Waals surface area contributed by atoms with Gasteiger partial charge in [-0.15, -0.1) is 0 Å². The van der Waals surface area contributed by atoms with E-state index in [0.717, 1.165) is 12.0 Å². The smallest absolute Gasteiger partial charge is 0.416 e. The van der Waals surface area contributed by atoms with E-state index in [0.29, 0.717) is 17.7 Å². The van der Waals surface area contributed by atoms with Gasteiger partial charge in [-0.25, -0.2) is 9.59 Å². The topological polar surface area (TPSA) is 59.1 Å². The summed E-state index contributed by atoms with van der Waals surface area (Å²) >= 11 is 6.40. The van der Waals surface area contributed by atoms with Gasteiger partial charge in [0.05, 0.1) is 41.6 Å². The maximum atomic E-state index is 13.4. The molecule has 2 atom stereocenters. The number of nitrogens with zero attached hydrogens (tertiary/aromatic N) is 2. The molecule has 1 heterocycles. The van der Waals surface area contributed by atoms with Gasteiger partial charge in [0, 0.05) is 18.2 Å². The molecule has 2 aromatic rings. The fraction of sp³-hybridized carbons (Fsp3) is 0.417. The fourth-order valence-electron chi connectivity index (χ4n) is 4.32. The minimum absolute atomic E-state index is 0.0148. The van der Waals surface area contributed by atoms with E-state index < -0.39 is 59.9 Å². The highest BCUT2D eigenvalue weighted by Gasteiger charge is 2.41. The molecule has 0 unspecified atom stereocenters. The van der Waals surface area contributed by atoms with E-state index >= 15 is 0 Å². The Kier molecular flexibility index (Phi) is 8.21. The zero-order chi connectivity index (χ0) is 27.7. The molecule has 2 aromatic carbocycles. The molecule has 2 amide bonds. The number of hydrogen-bond donors (Lipinski definition) is 0. The molecule has 1 aliphatic heterocycles. The van der Waals surface area contributed by atoms with Crippen molar-refractivity contribution in [2.24, 2.45) is 0 Å². The minimum Gasteiger partial charge on any atom is -0.453 e. The van der Waals surface area contributed by atoms with Crippen LogP contribution in [0.4, 0.5) is 41.6 Å². The predicted octanol–water partition coefficient (Wildman–Crippen LogP) is 7.44. The van der Waals surface area contributed by atoms with E-state index in [9.17, 15) is 35.9 Å². The van der Waals surface area contributed by atoms with Gasteiger partial charge in [0.15, 0.2) is 0 Å². The highest BCUT2D eigenvalue weighted by atomic mass is 35.5. The van der Waals surface area contributed by atoms with Gasteiger partial charge in [-0.2, -0.15) is 26.3 Å². The molecule has 0 saturated carbocycles. The van der Waals surface area contributed by atoms with Gasteiger partial charge in [0.2, 0.25) is 0 Å². The van der Waals surface area contributed by atoms with E-state index in [1.54, 1.807) is 26.0 Å². The number of methoxy groups -OCH3 is 1. The van der Waals surface area contributed by atoms with Crippen LogP contribution in [0.15, 0.2) is 36.4 Å². The second-order valence-corrected chi connectivity index (χ2v) is 8.77. The number of anilines is 1. The Morgan fingerprint density at radius 1 is 1.08 bits per heavy atom. The average molecular weight is 553 g/mol. The molecule has 0 aromatic heterocycles. The first-order valence-corrected chi connectivity index (χ1v) is 11.4. The van der Waals surface area contributed by atoms with Gasteiger partial charge >= 0.3 is 24.5 Å². The number of para-hydroxylation sites is 1. The molecule has 37 heavy (non-hydrogen) atoms. The Morgan fingerprint density at radius 2 is 1.68 bits per heavy atom. The van der Waals surface area contributed by atoms with Crippen LogP contribution in [0.5, 0.6) is 0 Å². The molecule has 0 bridgehead atoms. The highest BCUT2D eigenvalue weighted by Crippen LogP contribution is 2.45. The van der Waals surface area contributed by atoms with Crippen LogP contribution in [0.3, 0.4) is 0 Å². The first-order valence-electron chi connectivity index (χ1n) is 11.1. The number of hydrogen-bond acceptors (Lipinski definition) is 4. The maximum absolute atomic E-state index is 13.4. The molecule has 0 spiro atoms. The number of rotatable bonds is 4. The minimum atomic E-state index is -5.05. The van der Waals surface area contributed by atoms with Crippen molar-refractivity contribution in [2.45, 2.75) is 51.2 Å². The normalized spacial score (nSPS) is 17.7. The van der Waals surface area contributed by atoms with Gasteiger partial charge < -0.3 is 9.47 Å². The number of benzene rings is 2. The molecule has 1 aliphatic rings. The molecule has 0 N–H and O–H groups in total. The lowest BCUT2D eigenvalue weighted by Gasteiger charge is -2.42. The van der Waals surface area contributed by atoms with E-state index in [4.69, 9.17) is 21.1 Å². The van der Waals surface area contributed by atoms with Crippen LogP contribution >= 0.6 is 11.6 Å². The summed E-state index contributed by atoms with van der Waals surface area (Å²) in [5.74, 6) is 0. The second-order valence-electron chi connectivity index (χ2n) is 8.36. The summed E-state index contributed by atoms with van der Waals surface area (Å²) < 4.78 is 90.3. The first kappa shape index (κ1) is 28.4. The molecular formula is C24H23ClF6N2O4. The summed E-state index contributed by atoms with van der Waals surface area (Å²) in [7, 11) is 1.04. The molecule has 6 nitrogen and oxygen atoms in total. The van der Waals surface area contributed by atoms with Crippen molar-refractivity contribution in [3.05, 3.63) is 63.7 Å². The maximum Gasteiger partial charge on any atom is 0.416 e. The van der Waals surface area contributed by atoms with Crippen molar-refractivity contribution >= 4 is 29.5 Å². The summed E-state index contributed by atoms with van der Waals surface area (Å²) in [6, 6.07) is 4.25. The lowest BCUT2D eigenvalue weighted by atomic mass is 9.90. The first-order chi connectivity index (χ1) is 17.2. The van der Waals surface area contributed by atoms with Gasteiger partial charge in [0.1, 0.15) is 0 Å². The van der Waals surface area contributed by atoms with Crippen LogP contribution in [-0.4, -0.2) is 36.8 Å². The lowest BCUT2D eigenvalue weighted by Crippen LogP contribution is -2.47. The Labute approximate surface area is 213 Å². The van der Waals surface area contributed by atoms with Crippen molar-refractivity contribution in [1.29, 1.82) is 0 Å². The van der Waals surface area contributed by atoms with Crippen LogP contribution < -0.4 is 4.90 Å². The van der Waals surface area contributed by atoms with Crippen molar-refractivity contribution in [3.63, 3.8) is 0 Å². The molecule has 13 heteroatoms. The number of fused-ring (bicyclic) bond motifs is 1. The van der Waals surface area contributed by atoms with Crippen molar-refractivity contribution in [2.75, 3.05) is 18.6 Å². The number of halogens is 7. The molecule has 0 aliphatic carbocycles. The van der Waals surface area contributed by atoms with E-state index in [1.807, 2.05) is 0 Å². The molecule has 202 valence electrons. The summed E-state index contributed by atoms with van der Waals surface area (Å²) in [5, 5.41) is 0.144. The fourth-order valence-corrected chi connectivity index (χ4v) is 4.59. The highest BCUT2D eigenvalue weighted by molar-refractivity contribution is 6.34. The van der Waals surface area contributed by atoms with Gasteiger partial charge in [-0.3, -0.25) is 9.80 Å². The molecule has 3 rings (SSSR count). The van der Waals surface area contributed by atoms with Gasteiger partial charge in [-0.05, 0) is 50.1 Å². The Morgan fingerprint density at radius 3 is 2.19 bits per heavy atom. The average Bonchev–Trinajstić information content (AvgIpc) is 2.81. The van der Waals surface area contributed by atoms with Crippen LogP contribution in [-0.2, 0) is 28.4 Å². The zero-order valence-corrected chi connectivity index (χ0v) is 20.7. The van der Waals surface area contributed by atoms with E-state index in [2.05, 4.69) is 0 Å². The third-order valence-electron chi connectivity index (χ3n) is 5.87. The second kappa shape index (κ2) is 10.7. The lowest BCUT2D eigenvalue weighted by molar-refractivity contribution is -0.143. The quantitative estimate of drug-likeness (QED) is 0.370. The van der Waals surface area contributed by atoms with Crippen molar-refractivity contribution in [3.8, 4) is 0 Å². The molecular weight excluding hydrogens is 530 g/mol. The number of carbonyl (C=O) groups is 2. The third-order valence-corrected chi connectivity index (χ3v) is 6.18. The summed E-state index contributed by atoms with van der Waals surface area (Å²) in [4.78, 5) is 27.8. The van der Waals surface area contributed by atoms with Crippen LogP contribution in [0, 0.1) is 0 Å². The SMILES string of the molecule is CCOC(=O)N1c2c(Cl)cccc2[C@H](N(Cc2cc(C(F)(F)F)cc(C(F)(F)F)c2)C(=O)OC)C[C@@H]1C. The van der Waals surface area contributed by atoms with Gasteiger partial charge in [0.25, 0.3) is 0 Å².